The molecule has 0 bridgehead atoms. The molecule has 0 heterocycles. The lowest BCUT2D eigenvalue weighted by molar-refractivity contribution is -0.106. The fraction of sp³-hybridized carbons (Fsp3) is 0.571. The largest absolute Gasteiger partial charge is 0.486 e. The maximum absolute atomic E-state index is 6.01. The van der Waals surface area contributed by atoms with Crippen LogP contribution < -0.4 is 10.1 Å². The molecule has 1 fully saturated rings. The molecule has 100 valence electrons. The predicted molar refractivity (Wildman–Crippen MR) is 76.1 cm³/mol. The summed E-state index contributed by atoms with van der Waals surface area (Å²) in [7, 11) is 1.97. The van der Waals surface area contributed by atoms with Crippen molar-refractivity contribution in [1.29, 1.82) is 0 Å². The van der Waals surface area contributed by atoms with Crippen LogP contribution in [0.25, 0.3) is 0 Å². The molecule has 0 aliphatic heterocycles. The van der Waals surface area contributed by atoms with Crippen molar-refractivity contribution in [1.82, 2.24) is 5.32 Å². The Morgan fingerprint density at radius 2 is 2.17 bits per heavy atom. The Morgan fingerprint density at radius 1 is 1.39 bits per heavy atom. The summed E-state index contributed by atoms with van der Waals surface area (Å²) in [5.74, 6) is 0.891. The van der Waals surface area contributed by atoms with Crippen LogP contribution in [0.4, 0.5) is 0 Å². The number of para-hydroxylation sites is 1. The molecule has 3 nitrogen and oxygen atoms in total. The van der Waals surface area contributed by atoms with Gasteiger partial charge in [-0.3, -0.25) is 0 Å². The lowest BCUT2D eigenvalue weighted by atomic mass is 9.85. The summed E-state index contributed by atoms with van der Waals surface area (Å²) in [6, 6.07) is 8.35. The highest BCUT2D eigenvalue weighted by atomic mass is 79.9. The molecule has 0 saturated heterocycles. The lowest BCUT2D eigenvalue weighted by Gasteiger charge is -2.43. The number of nitrogens with one attached hydrogen (secondary N) is 1. The normalized spacial score (nSPS) is 26.7. The Kier molecular flexibility index (Phi) is 5.03. The van der Waals surface area contributed by atoms with E-state index < -0.39 is 0 Å². The molecule has 1 aliphatic rings. The van der Waals surface area contributed by atoms with Gasteiger partial charge in [-0.2, -0.15) is 0 Å². The van der Waals surface area contributed by atoms with Crippen molar-refractivity contribution in [3.63, 3.8) is 0 Å². The zero-order valence-electron chi connectivity index (χ0n) is 10.9. The van der Waals surface area contributed by atoms with E-state index in [1.807, 2.05) is 31.3 Å². The van der Waals surface area contributed by atoms with Gasteiger partial charge >= 0.3 is 0 Å². The average Bonchev–Trinajstić information content (AvgIpc) is 2.36. The Labute approximate surface area is 117 Å². The molecule has 3 unspecified atom stereocenters. The van der Waals surface area contributed by atoms with Gasteiger partial charge in [-0.05, 0) is 41.5 Å². The van der Waals surface area contributed by atoms with Crippen LogP contribution in [0.1, 0.15) is 19.8 Å². The Bertz CT molecular complexity index is 386. The molecule has 4 heteroatoms. The van der Waals surface area contributed by atoms with Crippen molar-refractivity contribution in [3.05, 3.63) is 28.7 Å². The van der Waals surface area contributed by atoms with E-state index in [1.54, 1.807) is 0 Å². The first-order valence-electron chi connectivity index (χ1n) is 6.46. The number of hydrogen-bond donors (Lipinski definition) is 1. The van der Waals surface area contributed by atoms with Gasteiger partial charge in [0, 0.05) is 19.1 Å². The number of ether oxygens (including phenoxy) is 2. The van der Waals surface area contributed by atoms with Crippen LogP contribution in [0.5, 0.6) is 5.75 Å². The van der Waals surface area contributed by atoms with Gasteiger partial charge in [0.25, 0.3) is 0 Å². The van der Waals surface area contributed by atoms with Crippen molar-refractivity contribution in [2.45, 2.75) is 38.0 Å². The monoisotopic (exact) mass is 313 g/mol. The second kappa shape index (κ2) is 6.55. The van der Waals surface area contributed by atoms with Crippen molar-refractivity contribution in [3.8, 4) is 5.75 Å². The van der Waals surface area contributed by atoms with E-state index in [4.69, 9.17) is 9.47 Å². The van der Waals surface area contributed by atoms with Crippen LogP contribution in [0.2, 0.25) is 0 Å². The molecule has 3 atom stereocenters. The highest BCUT2D eigenvalue weighted by Crippen LogP contribution is 2.32. The third-order valence-electron chi connectivity index (χ3n) is 3.25. The molecule has 1 N–H and O–H groups in total. The summed E-state index contributed by atoms with van der Waals surface area (Å²) in [5.41, 5.74) is 0. The molecular weight excluding hydrogens is 294 g/mol. The van der Waals surface area contributed by atoms with Gasteiger partial charge in [-0.15, -0.1) is 0 Å². The van der Waals surface area contributed by atoms with E-state index in [-0.39, 0.29) is 12.2 Å². The second-order valence-corrected chi connectivity index (χ2v) is 5.41. The first kappa shape index (κ1) is 13.8. The minimum Gasteiger partial charge on any atom is -0.486 e. The summed E-state index contributed by atoms with van der Waals surface area (Å²) >= 11 is 3.50. The third kappa shape index (κ3) is 3.05. The van der Waals surface area contributed by atoms with Crippen molar-refractivity contribution in [2.24, 2.45) is 0 Å². The highest BCUT2D eigenvalue weighted by molar-refractivity contribution is 9.10. The maximum Gasteiger partial charge on any atom is 0.134 e. The van der Waals surface area contributed by atoms with Crippen LogP contribution in [-0.2, 0) is 4.74 Å². The standard InChI is InChI=1S/C14H20BrNO2/c1-3-8-17-14-11(16-2)9-13(14)18-12-7-5-4-6-10(12)15/h4-7,11,13-14,16H,3,8-9H2,1-2H3. The quantitative estimate of drug-likeness (QED) is 0.876. The summed E-state index contributed by atoms with van der Waals surface area (Å²) in [6.45, 7) is 2.91. The van der Waals surface area contributed by atoms with Gasteiger partial charge < -0.3 is 14.8 Å². The molecule has 0 spiro atoms. The van der Waals surface area contributed by atoms with Gasteiger partial charge in [0.05, 0.1) is 4.47 Å². The summed E-state index contributed by atoms with van der Waals surface area (Å²) in [5, 5.41) is 3.27. The van der Waals surface area contributed by atoms with Gasteiger partial charge in [-0.1, -0.05) is 19.1 Å². The van der Waals surface area contributed by atoms with Crippen LogP contribution in [-0.4, -0.2) is 31.9 Å². The van der Waals surface area contributed by atoms with Crippen molar-refractivity contribution in [2.75, 3.05) is 13.7 Å². The van der Waals surface area contributed by atoms with E-state index in [9.17, 15) is 0 Å². The van der Waals surface area contributed by atoms with E-state index in [1.165, 1.54) is 0 Å². The Balaban J connectivity index is 1.95. The molecule has 1 aromatic rings. The van der Waals surface area contributed by atoms with Gasteiger partial charge in [0.2, 0.25) is 0 Å². The number of halogens is 1. The van der Waals surface area contributed by atoms with Crippen molar-refractivity contribution >= 4 is 15.9 Å². The third-order valence-corrected chi connectivity index (χ3v) is 3.90. The van der Waals surface area contributed by atoms with Crippen LogP contribution in [0, 0.1) is 0 Å². The minimum absolute atomic E-state index is 0.146. The van der Waals surface area contributed by atoms with Crippen molar-refractivity contribution < 1.29 is 9.47 Å². The van der Waals surface area contributed by atoms with Crippen LogP contribution in [0.15, 0.2) is 28.7 Å². The Morgan fingerprint density at radius 3 is 2.83 bits per heavy atom. The summed E-state index contributed by atoms with van der Waals surface area (Å²) in [6.07, 6.45) is 2.33. The molecule has 1 aliphatic carbocycles. The topological polar surface area (TPSA) is 30.5 Å². The predicted octanol–water partition coefficient (Wildman–Crippen LogP) is 2.98. The maximum atomic E-state index is 6.01. The molecule has 1 saturated carbocycles. The van der Waals surface area contributed by atoms with E-state index in [0.717, 1.165) is 29.7 Å². The van der Waals surface area contributed by atoms with Gasteiger partial charge in [0.15, 0.2) is 0 Å². The van der Waals surface area contributed by atoms with Gasteiger partial charge in [0.1, 0.15) is 18.0 Å². The van der Waals surface area contributed by atoms with E-state index in [0.29, 0.717) is 6.04 Å². The second-order valence-electron chi connectivity index (χ2n) is 4.55. The molecule has 0 aromatic heterocycles. The van der Waals surface area contributed by atoms with E-state index >= 15 is 0 Å². The number of likely N-dealkylation sites (N-methyl/N-ethyl adjacent to an activating group) is 1. The summed E-state index contributed by atoms with van der Waals surface area (Å²) in [4.78, 5) is 0. The molecular formula is C14H20BrNO2. The fourth-order valence-corrected chi connectivity index (χ4v) is 2.54. The molecule has 0 radical (unpaired) electrons. The highest BCUT2D eigenvalue weighted by Gasteiger charge is 2.43. The zero-order valence-corrected chi connectivity index (χ0v) is 12.4. The minimum atomic E-state index is 0.146. The molecule has 0 amide bonds. The van der Waals surface area contributed by atoms with Gasteiger partial charge in [-0.25, -0.2) is 0 Å². The van der Waals surface area contributed by atoms with Crippen LogP contribution in [0.3, 0.4) is 0 Å². The number of hydrogen-bond acceptors (Lipinski definition) is 3. The number of rotatable bonds is 6. The summed E-state index contributed by atoms with van der Waals surface area (Å²) < 4.78 is 12.9. The molecule has 1 aromatic carbocycles. The fourth-order valence-electron chi connectivity index (χ4n) is 2.16. The van der Waals surface area contributed by atoms with E-state index in [2.05, 4.69) is 28.2 Å². The molecule has 2 rings (SSSR count). The zero-order chi connectivity index (χ0) is 13.0. The smallest absolute Gasteiger partial charge is 0.134 e. The number of benzene rings is 1. The lowest BCUT2D eigenvalue weighted by Crippen LogP contribution is -2.60. The average molecular weight is 314 g/mol. The Hall–Kier alpha value is -0.580. The first-order valence-corrected chi connectivity index (χ1v) is 7.25. The molecule has 18 heavy (non-hydrogen) atoms. The van der Waals surface area contributed by atoms with Crippen LogP contribution >= 0.6 is 15.9 Å². The first-order chi connectivity index (χ1) is 8.76. The SMILES string of the molecule is CCCOC1C(NC)CC1Oc1ccccc1Br.